The first-order valence-corrected chi connectivity index (χ1v) is 5.21. The van der Waals surface area contributed by atoms with Crippen molar-refractivity contribution in [1.29, 1.82) is 0 Å². The van der Waals surface area contributed by atoms with Gasteiger partial charge < -0.3 is 10.6 Å². The van der Waals surface area contributed by atoms with Crippen molar-refractivity contribution in [3.63, 3.8) is 0 Å². The molecule has 0 aliphatic rings. The van der Waals surface area contributed by atoms with E-state index in [2.05, 4.69) is 4.98 Å². The van der Waals surface area contributed by atoms with Gasteiger partial charge in [0, 0.05) is 11.9 Å². The first kappa shape index (κ1) is 11.6. The molecule has 0 aromatic carbocycles. The molecule has 0 unspecified atom stereocenters. The van der Waals surface area contributed by atoms with Gasteiger partial charge in [-0.2, -0.15) is 0 Å². The molecule has 0 atom stereocenters. The van der Waals surface area contributed by atoms with Gasteiger partial charge in [0.05, 0.1) is 11.6 Å². The standard InChI is InChI=1S/C9H13N3O2S/c1-5-8(11-6(2)15-5)9(14)12(3)4-7(10)13/h4H2,1-3H3,(H2,10,13). The minimum absolute atomic E-state index is 0.0884. The largest absolute Gasteiger partial charge is 0.368 e. The summed E-state index contributed by atoms with van der Waals surface area (Å²) in [5, 5.41) is 0.836. The molecule has 0 saturated carbocycles. The Bertz CT molecular complexity index is 400. The molecule has 0 bridgehead atoms. The molecule has 0 radical (unpaired) electrons. The molecule has 5 nitrogen and oxygen atoms in total. The third kappa shape index (κ3) is 2.76. The van der Waals surface area contributed by atoms with E-state index in [-0.39, 0.29) is 12.5 Å². The van der Waals surface area contributed by atoms with Crippen LogP contribution in [0.1, 0.15) is 20.4 Å². The Kier molecular flexibility index (Phi) is 3.41. The van der Waals surface area contributed by atoms with Crippen molar-refractivity contribution in [1.82, 2.24) is 9.88 Å². The van der Waals surface area contributed by atoms with E-state index in [1.807, 2.05) is 13.8 Å². The fraction of sp³-hybridized carbons (Fsp3) is 0.444. The Labute approximate surface area is 91.9 Å². The fourth-order valence-electron chi connectivity index (χ4n) is 1.21. The summed E-state index contributed by atoms with van der Waals surface area (Å²) in [6.07, 6.45) is 0. The van der Waals surface area contributed by atoms with Crippen molar-refractivity contribution >= 4 is 23.2 Å². The lowest BCUT2D eigenvalue weighted by Crippen LogP contribution is -2.35. The smallest absolute Gasteiger partial charge is 0.273 e. The summed E-state index contributed by atoms with van der Waals surface area (Å²) in [6, 6.07) is 0. The van der Waals surface area contributed by atoms with Crippen molar-refractivity contribution in [2.24, 2.45) is 5.73 Å². The maximum Gasteiger partial charge on any atom is 0.273 e. The number of carbonyl (C=O) groups excluding carboxylic acids is 2. The number of aromatic nitrogens is 1. The molecule has 0 aliphatic carbocycles. The quantitative estimate of drug-likeness (QED) is 0.807. The first-order valence-electron chi connectivity index (χ1n) is 4.39. The van der Waals surface area contributed by atoms with Crippen molar-refractivity contribution in [3.8, 4) is 0 Å². The van der Waals surface area contributed by atoms with Crippen molar-refractivity contribution in [3.05, 3.63) is 15.6 Å². The highest BCUT2D eigenvalue weighted by atomic mass is 32.1. The Morgan fingerprint density at radius 3 is 2.47 bits per heavy atom. The van der Waals surface area contributed by atoms with Crippen molar-refractivity contribution in [2.45, 2.75) is 13.8 Å². The number of aryl methyl sites for hydroxylation is 2. The van der Waals surface area contributed by atoms with Crippen LogP contribution in [-0.4, -0.2) is 35.3 Å². The molecule has 0 fully saturated rings. The van der Waals surface area contributed by atoms with Crippen LogP contribution in [0.4, 0.5) is 0 Å². The minimum Gasteiger partial charge on any atom is -0.368 e. The zero-order valence-electron chi connectivity index (χ0n) is 8.90. The van der Waals surface area contributed by atoms with Crippen molar-refractivity contribution in [2.75, 3.05) is 13.6 Å². The molecule has 1 aromatic rings. The molecular weight excluding hydrogens is 214 g/mol. The van der Waals surface area contributed by atoms with E-state index >= 15 is 0 Å². The fourth-order valence-corrected chi connectivity index (χ4v) is 2.02. The first-order chi connectivity index (χ1) is 6.91. The average molecular weight is 227 g/mol. The van der Waals surface area contributed by atoms with Gasteiger partial charge in [-0.05, 0) is 13.8 Å². The maximum atomic E-state index is 11.8. The molecule has 0 spiro atoms. The number of hydrogen-bond donors (Lipinski definition) is 1. The second-order valence-corrected chi connectivity index (χ2v) is 4.67. The Balaban J connectivity index is 2.84. The number of primary amides is 1. The highest BCUT2D eigenvalue weighted by molar-refractivity contribution is 7.11. The third-order valence-electron chi connectivity index (χ3n) is 1.85. The Hall–Kier alpha value is -1.43. The number of nitrogens with two attached hydrogens (primary N) is 1. The third-order valence-corrected chi connectivity index (χ3v) is 2.73. The summed E-state index contributed by atoms with van der Waals surface area (Å²) >= 11 is 1.46. The molecule has 1 aromatic heterocycles. The number of nitrogens with zero attached hydrogens (tertiary/aromatic N) is 2. The van der Waals surface area contributed by atoms with E-state index in [0.717, 1.165) is 9.88 Å². The zero-order chi connectivity index (χ0) is 11.6. The van der Waals surface area contributed by atoms with Gasteiger partial charge in [-0.15, -0.1) is 11.3 Å². The summed E-state index contributed by atoms with van der Waals surface area (Å²) in [6.45, 7) is 3.58. The van der Waals surface area contributed by atoms with Crippen LogP contribution in [0.5, 0.6) is 0 Å². The monoisotopic (exact) mass is 227 g/mol. The van der Waals surface area contributed by atoms with Gasteiger partial charge in [-0.1, -0.05) is 0 Å². The SMILES string of the molecule is Cc1nc(C(=O)N(C)CC(N)=O)c(C)s1. The molecule has 6 heteroatoms. The number of carbonyl (C=O) groups is 2. The van der Waals surface area contributed by atoms with Gasteiger partial charge in [0.25, 0.3) is 5.91 Å². The van der Waals surface area contributed by atoms with Crippen LogP contribution >= 0.6 is 11.3 Å². The lowest BCUT2D eigenvalue weighted by atomic mass is 10.3. The lowest BCUT2D eigenvalue weighted by Gasteiger charge is -2.13. The van der Waals surface area contributed by atoms with Crippen LogP contribution in [0.2, 0.25) is 0 Å². The number of amides is 2. The summed E-state index contributed by atoms with van der Waals surface area (Å²) in [7, 11) is 1.53. The van der Waals surface area contributed by atoms with Gasteiger partial charge in [0.15, 0.2) is 0 Å². The maximum absolute atomic E-state index is 11.8. The second kappa shape index (κ2) is 4.39. The normalized spacial score (nSPS) is 10.1. The van der Waals surface area contributed by atoms with E-state index in [0.29, 0.717) is 5.69 Å². The van der Waals surface area contributed by atoms with Gasteiger partial charge in [0.1, 0.15) is 5.69 Å². The molecular formula is C9H13N3O2S. The Morgan fingerprint density at radius 1 is 1.47 bits per heavy atom. The molecule has 82 valence electrons. The highest BCUT2D eigenvalue weighted by Gasteiger charge is 2.18. The van der Waals surface area contributed by atoms with E-state index in [9.17, 15) is 9.59 Å². The van der Waals surface area contributed by atoms with E-state index < -0.39 is 5.91 Å². The van der Waals surface area contributed by atoms with Crippen molar-refractivity contribution < 1.29 is 9.59 Å². The predicted octanol–water partition coefficient (Wildman–Crippen LogP) is 0.317. The lowest BCUT2D eigenvalue weighted by molar-refractivity contribution is -0.118. The summed E-state index contributed by atoms with van der Waals surface area (Å²) in [5.74, 6) is -0.800. The van der Waals surface area contributed by atoms with Crippen LogP contribution in [0.15, 0.2) is 0 Å². The van der Waals surface area contributed by atoms with Crippen LogP contribution in [0, 0.1) is 13.8 Å². The van der Waals surface area contributed by atoms with Gasteiger partial charge >= 0.3 is 0 Å². The molecule has 0 aliphatic heterocycles. The molecule has 2 amide bonds. The highest BCUT2D eigenvalue weighted by Crippen LogP contribution is 2.17. The zero-order valence-corrected chi connectivity index (χ0v) is 9.72. The van der Waals surface area contributed by atoms with E-state index in [1.54, 1.807) is 0 Å². The van der Waals surface area contributed by atoms with Crippen LogP contribution in [-0.2, 0) is 4.79 Å². The summed E-state index contributed by atoms with van der Waals surface area (Å²) in [5.41, 5.74) is 5.41. The minimum atomic E-state index is -0.532. The number of thiazole rings is 1. The molecule has 1 rings (SSSR count). The van der Waals surface area contributed by atoms with Gasteiger partial charge in [-0.25, -0.2) is 4.98 Å². The average Bonchev–Trinajstić information content (AvgIpc) is 2.42. The summed E-state index contributed by atoms with van der Waals surface area (Å²) in [4.78, 5) is 28.7. The predicted molar refractivity (Wildman–Crippen MR) is 57.7 cm³/mol. The van der Waals surface area contributed by atoms with Crippen LogP contribution in [0.25, 0.3) is 0 Å². The topological polar surface area (TPSA) is 76.3 Å². The number of rotatable bonds is 3. The van der Waals surface area contributed by atoms with Crippen LogP contribution in [0.3, 0.4) is 0 Å². The van der Waals surface area contributed by atoms with E-state index in [4.69, 9.17) is 5.73 Å². The summed E-state index contributed by atoms with van der Waals surface area (Å²) < 4.78 is 0. The van der Waals surface area contributed by atoms with Gasteiger partial charge in [0.2, 0.25) is 5.91 Å². The molecule has 15 heavy (non-hydrogen) atoms. The van der Waals surface area contributed by atoms with E-state index in [1.165, 1.54) is 23.3 Å². The van der Waals surface area contributed by atoms with Crippen LogP contribution < -0.4 is 5.73 Å². The number of likely N-dealkylation sites (N-methyl/N-ethyl adjacent to an activating group) is 1. The molecule has 1 heterocycles. The molecule has 0 saturated heterocycles. The number of hydrogen-bond acceptors (Lipinski definition) is 4. The molecule has 2 N–H and O–H groups in total. The Morgan fingerprint density at radius 2 is 2.07 bits per heavy atom. The van der Waals surface area contributed by atoms with Gasteiger partial charge in [-0.3, -0.25) is 9.59 Å². The second-order valence-electron chi connectivity index (χ2n) is 3.27.